The third-order valence-electron chi connectivity index (χ3n) is 6.10. The maximum absolute atomic E-state index is 13.1. The largest absolute Gasteiger partial charge is 0.357 e. The number of carbonyl (C=O) groups is 2. The van der Waals surface area contributed by atoms with Crippen molar-refractivity contribution in [1.29, 1.82) is 0 Å². The van der Waals surface area contributed by atoms with Gasteiger partial charge in [0.05, 0.1) is 12.8 Å². The van der Waals surface area contributed by atoms with Gasteiger partial charge in [0.25, 0.3) is 5.91 Å². The number of nitrogens with one attached hydrogen (secondary N) is 1. The van der Waals surface area contributed by atoms with Crippen molar-refractivity contribution in [2.45, 2.75) is 38.8 Å². The van der Waals surface area contributed by atoms with Gasteiger partial charge in [0.1, 0.15) is 12.6 Å². The summed E-state index contributed by atoms with van der Waals surface area (Å²) in [5.41, 5.74) is 5.36. The average Bonchev–Trinajstić information content (AvgIpc) is 3.12. The number of hydrazone groups is 1. The second kappa shape index (κ2) is 7.13. The molecule has 1 aromatic heterocycles. The molecule has 6 heteroatoms. The van der Waals surface area contributed by atoms with Crippen LogP contribution in [0.2, 0.25) is 0 Å². The summed E-state index contributed by atoms with van der Waals surface area (Å²) in [6.45, 7) is 4.71. The van der Waals surface area contributed by atoms with Gasteiger partial charge in [0, 0.05) is 23.0 Å². The summed E-state index contributed by atoms with van der Waals surface area (Å²) in [4.78, 5) is 31.0. The summed E-state index contributed by atoms with van der Waals surface area (Å²) in [6.07, 6.45) is 2.17. The number of benzene rings is 2. The molecule has 30 heavy (non-hydrogen) atoms. The maximum atomic E-state index is 13.1. The lowest BCUT2D eigenvalue weighted by atomic mass is 9.94. The first kappa shape index (κ1) is 18.6. The van der Waals surface area contributed by atoms with Crippen LogP contribution in [0.15, 0.2) is 53.6 Å². The van der Waals surface area contributed by atoms with Crippen LogP contribution in [0.25, 0.3) is 10.9 Å². The Morgan fingerprint density at radius 1 is 1.07 bits per heavy atom. The van der Waals surface area contributed by atoms with Crippen LogP contribution in [0.5, 0.6) is 0 Å². The highest BCUT2D eigenvalue weighted by Crippen LogP contribution is 2.32. The molecule has 0 aliphatic carbocycles. The highest BCUT2D eigenvalue weighted by Gasteiger charge is 2.43. The minimum Gasteiger partial charge on any atom is -0.357 e. The fourth-order valence-electron chi connectivity index (χ4n) is 4.36. The Morgan fingerprint density at radius 2 is 1.83 bits per heavy atom. The minimum atomic E-state index is -0.501. The van der Waals surface area contributed by atoms with Crippen molar-refractivity contribution in [3.63, 3.8) is 0 Å². The Bertz CT molecular complexity index is 1160. The van der Waals surface area contributed by atoms with E-state index in [9.17, 15) is 9.59 Å². The fraction of sp³-hybridized carbons (Fsp3) is 0.292. The summed E-state index contributed by atoms with van der Waals surface area (Å²) in [5, 5.41) is 6.80. The summed E-state index contributed by atoms with van der Waals surface area (Å²) < 4.78 is 0. The van der Waals surface area contributed by atoms with E-state index in [1.165, 1.54) is 10.6 Å². The molecule has 0 bridgehead atoms. The van der Waals surface area contributed by atoms with Crippen LogP contribution in [0.4, 0.5) is 0 Å². The maximum Gasteiger partial charge on any atom is 0.266 e. The number of carbonyl (C=O) groups excluding carboxylic acids is 2. The molecule has 2 aromatic carbocycles. The molecule has 3 heterocycles. The third kappa shape index (κ3) is 3.09. The van der Waals surface area contributed by atoms with E-state index in [2.05, 4.69) is 42.1 Å². The first-order valence-corrected chi connectivity index (χ1v) is 10.3. The van der Waals surface area contributed by atoms with E-state index in [4.69, 9.17) is 0 Å². The quantitative estimate of drug-likeness (QED) is 0.685. The Kier molecular flexibility index (Phi) is 4.42. The molecule has 2 amide bonds. The van der Waals surface area contributed by atoms with Crippen molar-refractivity contribution in [3.8, 4) is 0 Å². The third-order valence-corrected chi connectivity index (χ3v) is 6.10. The predicted molar refractivity (Wildman–Crippen MR) is 116 cm³/mol. The number of aromatic amines is 1. The number of fused-ring (bicyclic) bond motifs is 4. The molecule has 5 rings (SSSR count). The number of hydrogen-bond acceptors (Lipinski definition) is 3. The van der Waals surface area contributed by atoms with E-state index in [-0.39, 0.29) is 18.4 Å². The molecule has 2 aliphatic heterocycles. The molecule has 0 saturated carbocycles. The second-order valence-corrected chi connectivity index (χ2v) is 8.33. The van der Waals surface area contributed by atoms with Crippen LogP contribution < -0.4 is 0 Å². The van der Waals surface area contributed by atoms with Gasteiger partial charge in [-0.25, -0.2) is 5.01 Å². The van der Waals surface area contributed by atoms with Crippen molar-refractivity contribution >= 4 is 28.9 Å². The summed E-state index contributed by atoms with van der Waals surface area (Å²) in [6, 6.07) is 15.7. The molecule has 1 N–H and O–H groups in total. The van der Waals surface area contributed by atoms with Crippen LogP contribution in [-0.2, 0) is 22.6 Å². The molecule has 1 saturated heterocycles. The van der Waals surface area contributed by atoms with E-state index in [0.717, 1.165) is 27.7 Å². The van der Waals surface area contributed by atoms with Crippen molar-refractivity contribution in [2.24, 2.45) is 5.10 Å². The van der Waals surface area contributed by atoms with Gasteiger partial charge in [0.15, 0.2) is 0 Å². The van der Waals surface area contributed by atoms with Crippen LogP contribution in [0.3, 0.4) is 0 Å². The molecule has 0 spiro atoms. The van der Waals surface area contributed by atoms with Gasteiger partial charge in [-0.3, -0.25) is 9.59 Å². The molecule has 6 nitrogen and oxygen atoms in total. The molecule has 152 valence electrons. The zero-order valence-corrected chi connectivity index (χ0v) is 17.1. The lowest BCUT2D eigenvalue weighted by Crippen LogP contribution is -2.60. The predicted octanol–water partition coefficient (Wildman–Crippen LogP) is 3.42. The monoisotopic (exact) mass is 400 g/mol. The van der Waals surface area contributed by atoms with Gasteiger partial charge in [-0.1, -0.05) is 56.3 Å². The van der Waals surface area contributed by atoms with Crippen LogP contribution in [-0.4, -0.2) is 45.5 Å². The minimum absolute atomic E-state index is 0.0223. The second-order valence-electron chi connectivity index (χ2n) is 8.33. The van der Waals surface area contributed by atoms with Gasteiger partial charge in [-0.05, 0) is 28.7 Å². The van der Waals surface area contributed by atoms with Crippen LogP contribution >= 0.6 is 0 Å². The number of para-hydroxylation sites is 1. The van der Waals surface area contributed by atoms with Crippen molar-refractivity contribution < 1.29 is 9.59 Å². The van der Waals surface area contributed by atoms with Gasteiger partial charge >= 0.3 is 0 Å². The van der Waals surface area contributed by atoms with E-state index in [1.54, 1.807) is 11.1 Å². The topological polar surface area (TPSA) is 68.8 Å². The van der Waals surface area contributed by atoms with Gasteiger partial charge in [-0.15, -0.1) is 0 Å². The van der Waals surface area contributed by atoms with Crippen molar-refractivity contribution in [3.05, 3.63) is 70.9 Å². The average molecular weight is 400 g/mol. The molecular formula is C24H24N4O2. The van der Waals surface area contributed by atoms with Gasteiger partial charge in [-0.2, -0.15) is 5.10 Å². The number of aromatic nitrogens is 1. The number of hydrogen-bond donors (Lipinski definition) is 1. The summed E-state index contributed by atoms with van der Waals surface area (Å²) in [5.74, 6) is 0.265. The molecule has 0 unspecified atom stereocenters. The molecule has 1 atom stereocenters. The zero-order chi connectivity index (χ0) is 20.8. The van der Waals surface area contributed by atoms with E-state index >= 15 is 0 Å². The standard InChI is InChI=1S/C24H24N4O2/c1-15(2)17-9-7-16(8-10-17)12-25-28-14-23(29)27-13-21-19(11-22(27)24(28)30)18-5-3-4-6-20(18)26-21/h3-10,12,15,22,26H,11,13-14H2,1-2H3/t22-/m0/s1. The number of H-pyrrole nitrogens is 1. The Balaban J connectivity index is 1.39. The molecule has 0 radical (unpaired) electrons. The number of nitrogens with zero attached hydrogens (tertiary/aromatic N) is 3. The van der Waals surface area contributed by atoms with Crippen molar-refractivity contribution in [2.75, 3.05) is 6.54 Å². The lowest BCUT2D eigenvalue weighted by molar-refractivity contribution is -0.157. The van der Waals surface area contributed by atoms with E-state index < -0.39 is 6.04 Å². The van der Waals surface area contributed by atoms with Gasteiger partial charge < -0.3 is 9.88 Å². The summed E-state index contributed by atoms with van der Waals surface area (Å²) >= 11 is 0. The van der Waals surface area contributed by atoms with Crippen LogP contribution in [0.1, 0.15) is 42.1 Å². The molecule has 2 aliphatic rings. The summed E-state index contributed by atoms with van der Waals surface area (Å²) in [7, 11) is 0. The van der Waals surface area contributed by atoms with Crippen LogP contribution in [0, 0.1) is 0 Å². The molecule has 1 fully saturated rings. The first-order valence-electron chi connectivity index (χ1n) is 10.3. The number of amides is 2. The van der Waals surface area contributed by atoms with Crippen molar-refractivity contribution in [1.82, 2.24) is 14.9 Å². The highest BCUT2D eigenvalue weighted by molar-refractivity contribution is 5.97. The van der Waals surface area contributed by atoms with Gasteiger partial charge in [0.2, 0.25) is 5.91 Å². The smallest absolute Gasteiger partial charge is 0.266 e. The lowest BCUT2D eigenvalue weighted by Gasteiger charge is -2.40. The van der Waals surface area contributed by atoms with E-state index in [1.807, 2.05) is 30.3 Å². The zero-order valence-electron chi connectivity index (χ0n) is 17.1. The number of piperazine rings is 1. The normalized spacial score (nSPS) is 19.1. The highest BCUT2D eigenvalue weighted by atomic mass is 16.2. The number of rotatable bonds is 3. The first-order chi connectivity index (χ1) is 14.5. The van der Waals surface area contributed by atoms with E-state index in [0.29, 0.717) is 18.9 Å². The molecule has 3 aromatic rings. The fourth-order valence-corrected chi connectivity index (χ4v) is 4.36. The Hall–Kier alpha value is -3.41. The Labute approximate surface area is 175 Å². The Morgan fingerprint density at radius 3 is 2.60 bits per heavy atom. The molecular weight excluding hydrogens is 376 g/mol. The SMILES string of the molecule is CC(C)c1ccc(C=NN2CC(=O)N3Cc4[nH]c5ccccc5c4C[C@H]3C2=O)cc1.